The third kappa shape index (κ3) is 5.12. The molecule has 0 bridgehead atoms. The van der Waals surface area contributed by atoms with Gasteiger partial charge in [0.25, 0.3) is 0 Å². The molecule has 130 valence electrons. The van der Waals surface area contributed by atoms with Crippen LogP contribution >= 0.6 is 11.8 Å². The summed E-state index contributed by atoms with van der Waals surface area (Å²) in [7, 11) is 0. The van der Waals surface area contributed by atoms with Crippen molar-refractivity contribution in [3.63, 3.8) is 0 Å². The van der Waals surface area contributed by atoms with Gasteiger partial charge in [0.2, 0.25) is 11.8 Å². The van der Waals surface area contributed by atoms with E-state index in [9.17, 15) is 14.4 Å². The lowest BCUT2D eigenvalue weighted by molar-refractivity contribution is -0.145. The Labute approximate surface area is 141 Å². The third-order valence-corrected chi connectivity index (χ3v) is 5.78. The number of carbonyl (C=O) groups is 3. The van der Waals surface area contributed by atoms with Gasteiger partial charge in [0, 0.05) is 32.0 Å². The van der Waals surface area contributed by atoms with E-state index in [1.807, 2.05) is 16.7 Å². The Bertz CT molecular complexity index is 451. The van der Waals surface area contributed by atoms with Gasteiger partial charge in [-0.1, -0.05) is 0 Å². The molecule has 7 heteroatoms. The van der Waals surface area contributed by atoms with Crippen molar-refractivity contribution in [1.82, 2.24) is 9.80 Å². The molecule has 1 N–H and O–H groups in total. The maximum Gasteiger partial charge on any atom is 0.323 e. The van der Waals surface area contributed by atoms with E-state index in [4.69, 9.17) is 5.11 Å². The Morgan fingerprint density at radius 3 is 2.43 bits per heavy atom. The fourth-order valence-corrected chi connectivity index (χ4v) is 4.56. The van der Waals surface area contributed by atoms with Crippen molar-refractivity contribution in [2.75, 3.05) is 31.1 Å². The maximum atomic E-state index is 12.6. The van der Waals surface area contributed by atoms with E-state index in [1.165, 1.54) is 11.8 Å². The number of hydrogen-bond acceptors (Lipinski definition) is 4. The molecule has 0 aromatic carbocycles. The monoisotopic (exact) mass is 342 g/mol. The molecule has 2 aliphatic rings. The van der Waals surface area contributed by atoms with Crippen LogP contribution in [0.1, 0.15) is 39.0 Å². The van der Waals surface area contributed by atoms with Gasteiger partial charge in [-0.05, 0) is 43.6 Å². The lowest BCUT2D eigenvalue weighted by Gasteiger charge is -2.30. The zero-order chi connectivity index (χ0) is 16.8. The normalized spacial score (nSPS) is 23.2. The molecule has 0 aromatic heterocycles. The third-order valence-electron chi connectivity index (χ3n) is 4.73. The van der Waals surface area contributed by atoms with E-state index in [0.717, 1.165) is 43.7 Å². The summed E-state index contributed by atoms with van der Waals surface area (Å²) in [5.74, 6) is 1.32. The van der Waals surface area contributed by atoms with Crippen molar-refractivity contribution in [2.24, 2.45) is 5.92 Å². The molecule has 0 saturated carbocycles. The summed E-state index contributed by atoms with van der Waals surface area (Å²) in [5, 5.41) is 8.98. The Hall–Kier alpha value is -1.24. The van der Waals surface area contributed by atoms with Crippen LogP contribution in [0.15, 0.2) is 0 Å². The van der Waals surface area contributed by atoms with E-state index in [2.05, 4.69) is 0 Å². The lowest BCUT2D eigenvalue weighted by Crippen LogP contribution is -2.43. The minimum atomic E-state index is -0.989. The fraction of sp³-hybridized carbons (Fsp3) is 0.812. The molecule has 0 aromatic rings. The molecule has 2 aliphatic heterocycles. The average molecular weight is 342 g/mol. The first-order chi connectivity index (χ1) is 11.0. The summed E-state index contributed by atoms with van der Waals surface area (Å²) in [4.78, 5) is 38.7. The number of carboxylic acid groups (broad SMARTS) is 1. The number of rotatable bonds is 4. The van der Waals surface area contributed by atoms with E-state index < -0.39 is 5.97 Å². The number of amides is 2. The predicted octanol–water partition coefficient (Wildman–Crippen LogP) is 1.44. The van der Waals surface area contributed by atoms with Gasteiger partial charge >= 0.3 is 5.97 Å². The van der Waals surface area contributed by atoms with Gasteiger partial charge in [0.1, 0.15) is 6.54 Å². The van der Waals surface area contributed by atoms with Crippen LogP contribution in [0.2, 0.25) is 0 Å². The highest BCUT2D eigenvalue weighted by Gasteiger charge is 2.30. The van der Waals surface area contributed by atoms with Gasteiger partial charge in [-0.25, -0.2) is 0 Å². The second kappa shape index (κ2) is 8.57. The standard InChI is InChI=1S/C16H26N2O4S/c1-12(19)18(11-15(20)21)14-3-2-7-17(8-4-14)16(22)13-5-9-23-10-6-13/h13-14H,2-11H2,1H3,(H,20,21). The highest BCUT2D eigenvalue weighted by Crippen LogP contribution is 2.26. The molecule has 2 fully saturated rings. The zero-order valence-electron chi connectivity index (χ0n) is 13.7. The van der Waals surface area contributed by atoms with Crippen LogP contribution in [0.4, 0.5) is 0 Å². The largest absolute Gasteiger partial charge is 0.480 e. The molecule has 0 aliphatic carbocycles. The molecule has 0 spiro atoms. The van der Waals surface area contributed by atoms with Crippen LogP contribution < -0.4 is 0 Å². The summed E-state index contributed by atoms with van der Waals surface area (Å²) in [5.41, 5.74) is 0. The van der Waals surface area contributed by atoms with Gasteiger partial charge < -0.3 is 14.9 Å². The fourth-order valence-electron chi connectivity index (χ4n) is 3.46. The quantitative estimate of drug-likeness (QED) is 0.836. The summed E-state index contributed by atoms with van der Waals surface area (Å²) in [6.45, 7) is 2.50. The molecule has 2 saturated heterocycles. The Morgan fingerprint density at radius 1 is 1.13 bits per heavy atom. The second-order valence-corrected chi connectivity index (χ2v) is 7.56. The number of thioether (sulfide) groups is 1. The summed E-state index contributed by atoms with van der Waals surface area (Å²) in [6.07, 6.45) is 4.17. The number of carbonyl (C=O) groups excluding carboxylic acids is 2. The maximum absolute atomic E-state index is 12.6. The van der Waals surface area contributed by atoms with Gasteiger partial charge in [0.15, 0.2) is 0 Å². The first-order valence-electron chi connectivity index (χ1n) is 8.34. The minimum absolute atomic E-state index is 0.0803. The number of hydrogen-bond donors (Lipinski definition) is 1. The Kier molecular flexibility index (Phi) is 6.74. The molecule has 2 heterocycles. The predicted molar refractivity (Wildman–Crippen MR) is 89.3 cm³/mol. The van der Waals surface area contributed by atoms with E-state index in [0.29, 0.717) is 13.0 Å². The SMILES string of the molecule is CC(=O)N(CC(=O)O)C1CCCN(C(=O)C2CCSCC2)CC1. The van der Waals surface area contributed by atoms with Crippen LogP contribution in [0.5, 0.6) is 0 Å². The molecule has 23 heavy (non-hydrogen) atoms. The van der Waals surface area contributed by atoms with Crippen molar-refractivity contribution >= 4 is 29.5 Å². The summed E-state index contributed by atoms with van der Waals surface area (Å²) < 4.78 is 0. The average Bonchev–Trinajstić information content (AvgIpc) is 2.78. The van der Waals surface area contributed by atoms with Crippen molar-refractivity contribution in [1.29, 1.82) is 0 Å². The van der Waals surface area contributed by atoms with Gasteiger partial charge in [-0.3, -0.25) is 14.4 Å². The van der Waals surface area contributed by atoms with Crippen molar-refractivity contribution in [3.05, 3.63) is 0 Å². The number of aliphatic carboxylic acids is 1. The minimum Gasteiger partial charge on any atom is -0.480 e. The topological polar surface area (TPSA) is 77.9 Å². The van der Waals surface area contributed by atoms with Crippen LogP contribution in [-0.4, -0.2) is 69.9 Å². The van der Waals surface area contributed by atoms with Gasteiger partial charge in [0.05, 0.1) is 0 Å². The van der Waals surface area contributed by atoms with Crippen molar-refractivity contribution < 1.29 is 19.5 Å². The van der Waals surface area contributed by atoms with Crippen LogP contribution in [0.25, 0.3) is 0 Å². The van der Waals surface area contributed by atoms with Gasteiger partial charge in [-0.15, -0.1) is 0 Å². The summed E-state index contributed by atoms with van der Waals surface area (Å²) in [6, 6.07) is -0.0803. The highest BCUT2D eigenvalue weighted by molar-refractivity contribution is 7.99. The lowest BCUT2D eigenvalue weighted by atomic mass is 10.0. The van der Waals surface area contributed by atoms with Crippen molar-refractivity contribution in [3.8, 4) is 0 Å². The van der Waals surface area contributed by atoms with Crippen LogP contribution in [0.3, 0.4) is 0 Å². The smallest absolute Gasteiger partial charge is 0.323 e. The Balaban J connectivity index is 1.93. The van der Waals surface area contributed by atoms with E-state index >= 15 is 0 Å². The number of nitrogens with zero attached hydrogens (tertiary/aromatic N) is 2. The number of carboxylic acids is 1. The van der Waals surface area contributed by atoms with Crippen LogP contribution in [0, 0.1) is 5.92 Å². The molecule has 6 nitrogen and oxygen atoms in total. The molecular weight excluding hydrogens is 316 g/mol. The van der Waals surface area contributed by atoms with Crippen LogP contribution in [-0.2, 0) is 14.4 Å². The summed E-state index contributed by atoms with van der Waals surface area (Å²) >= 11 is 1.91. The Morgan fingerprint density at radius 2 is 1.83 bits per heavy atom. The highest BCUT2D eigenvalue weighted by atomic mass is 32.2. The molecule has 1 unspecified atom stereocenters. The molecular formula is C16H26N2O4S. The zero-order valence-corrected chi connectivity index (χ0v) is 14.5. The molecule has 2 rings (SSSR count). The number of likely N-dealkylation sites (tertiary alicyclic amines) is 1. The van der Waals surface area contributed by atoms with E-state index in [-0.39, 0.29) is 30.3 Å². The molecule has 0 radical (unpaired) electrons. The van der Waals surface area contributed by atoms with E-state index in [1.54, 1.807) is 0 Å². The second-order valence-electron chi connectivity index (χ2n) is 6.34. The molecule has 1 atom stereocenters. The first-order valence-corrected chi connectivity index (χ1v) is 9.50. The first kappa shape index (κ1) is 18.1. The molecule has 2 amide bonds. The van der Waals surface area contributed by atoms with Gasteiger partial charge in [-0.2, -0.15) is 11.8 Å². The van der Waals surface area contributed by atoms with Crippen molar-refractivity contribution in [2.45, 2.75) is 45.1 Å².